The molecule has 0 amide bonds. The van der Waals surface area contributed by atoms with Gasteiger partial charge in [0.25, 0.3) is 0 Å². The first kappa shape index (κ1) is 7.69. The molecule has 0 saturated carbocycles. The van der Waals surface area contributed by atoms with Crippen LogP contribution in [0.5, 0.6) is 0 Å². The molecule has 1 saturated heterocycles. The van der Waals surface area contributed by atoms with E-state index in [2.05, 4.69) is 9.05 Å². The van der Waals surface area contributed by atoms with Crippen LogP contribution in [0.15, 0.2) is 0 Å². The van der Waals surface area contributed by atoms with E-state index in [9.17, 15) is 13.8 Å². The number of rotatable bonds is 0. The van der Waals surface area contributed by atoms with Crippen LogP contribution >= 0.6 is 7.60 Å². The van der Waals surface area contributed by atoms with E-state index in [0.29, 0.717) is 0 Å². The highest BCUT2D eigenvalue weighted by molar-refractivity contribution is 7.54. The molecule has 1 fully saturated rings. The number of carbonyl (C=O) groups is 1. The maximum atomic E-state index is 12.6. The molecule has 1 aliphatic rings. The van der Waals surface area contributed by atoms with Crippen molar-refractivity contribution in [2.24, 2.45) is 0 Å². The topological polar surface area (TPSA) is 52.6 Å². The Morgan fingerprint density at radius 2 is 2.20 bits per heavy atom. The van der Waals surface area contributed by atoms with Gasteiger partial charge in [-0.05, 0) is 0 Å². The Labute approximate surface area is 56.8 Å². The predicted molar refractivity (Wildman–Crippen MR) is 30.2 cm³/mol. The van der Waals surface area contributed by atoms with E-state index in [-0.39, 0.29) is 0 Å². The van der Waals surface area contributed by atoms with E-state index in [4.69, 9.17) is 0 Å². The van der Waals surface area contributed by atoms with Gasteiger partial charge in [0.05, 0.1) is 6.66 Å². The summed E-state index contributed by atoms with van der Waals surface area (Å²) in [6.07, 6.45) is 0. The van der Waals surface area contributed by atoms with Crippen LogP contribution in [-0.4, -0.2) is 18.5 Å². The van der Waals surface area contributed by atoms with Crippen molar-refractivity contribution in [2.45, 2.75) is 12.8 Å². The molecule has 10 heavy (non-hydrogen) atoms. The molecule has 0 aromatic carbocycles. The number of carbonyl (C=O) groups excluding carboxylic acids is 1. The third-order valence-electron chi connectivity index (χ3n) is 0.951. The summed E-state index contributed by atoms with van der Waals surface area (Å²) >= 11 is 0. The molecule has 2 atom stereocenters. The summed E-state index contributed by atoms with van der Waals surface area (Å²) in [7, 11) is -3.45. The second-order valence-corrected chi connectivity index (χ2v) is 4.07. The van der Waals surface area contributed by atoms with E-state index >= 15 is 0 Å². The third kappa shape index (κ3) is 1.20. The van der Waals surface area contributed by atoms with Crippen molar-refractivity contribution in [3.05, 3.63) is 0 Å². The lowest BCUT2D eigenvalue weighted by atomic mass is 10.4. The second-order valence-electron chi connectivity index (χ2n) is 2.16. The summed E-state index contributed by atoms with van der Waals surface area (Å²) in [5.41, 5.74) is 0. The fourth-order valence-electron chi connectivity index (χ4n) is 0.599. The molecule has 1 aliphatic heterocycles. The van der Waals surface area contributed by atoms with Crippen molar-refractivity contribution in [3.63, 3.8) is 0 Å². The Kier molecular flexibility index (Phi) is 1.38. The summed E-state index contributed by atoms with van der Waals surface area (Å²) in [5, 5.41) is 0. The minimum atomic E-state index is -3.45. The maximum absolute atomic E-state index is 12.6. The van der Waals surface area contributed by atoms with Crippen molar-refractivity contribution in [3.8, 4) is 0 Å². The average molecular weight is 168 g/mol. The molecule has 0 spiro atoms. The molecule has 4 nitrogen and oxygen atoms in total. The molecule has 0 N–H and O–H groups in total. The molecule has 0 aromatic heterocycles. The fraction of sp³-hybridized carbons (Fsp3) is 0.750. The Morgan fingerprint density at radius 3 is 2.30 bits per heavy atom. The first-order valence-corrected chi connectivity index (χ1v) is 4.54. The minimum absolute atomic E-state index is 0.860. The summed E-state index contributed by atoms with van der Waals surface area (Å²) in [6.45, 7) is 1.90. The van der Waals surface area contributed by atoms with Crippen molar-refractivity contribution >= 4 is 13.6 Å². The van der Waals surface area contributed by atoms with Gasteiger partial charge in [-0.1, -0.05) is 0 Å². The Hall–Kier alpha value is -0.410. The van der Waals surface area contributed by atoms with Gasteiger partial charge in [0.15, 0.2) is 0 Å². The zero-order valence-corrected chi connectivity index (χ0v) is 6.35. The smallest absolute Gasteiger partial charge is 0.381 e. The lowest BCUT2D eigenvalue weighted by molar-refractivity contribution is -0.154. The zero-order valence-electron chi connectivity index (χ0n) is 5.46. The van der Waals surface area contributed by atoms with Crippen LogP contribution in [-0.2, 0) is 18.4 Å². The van der Waals surface area contributed by atoms with Crippen LogP contribution in [0.4, 0.5) is 4.39 Å². The summed E-state index contributed by atoms with van der Waals surface area (Å²) in [5.74, 6) is -3.76. The van der Waals surface area contributed by atoms with E-state index in [1.54, 1.807) is 0 Å². The van der Waals surface area contributed by atoms with Gasteiger partial charge in [0, 0.05) is 6.92 Å². The number of hydrogen-bond donors (Lipinski definition) is 0. The summed E-state index contributed by atoms with van der Waals surface area (Å²) < 4.78 is 31.6. The Morgan fingerprint density at radius 1 is 1.70 bits per heavy atom. The molecule has 0 radical (unpaired) electrons. The average Bonchev–Trinajstić information content (AvgIpc) is 1.73. The Balaban J connectivity index is 2.92. The molecule has 1 heterocycles. The molecule has 1 rings (SSSR count). The van der Waals surface area contributed by atoms with Gasteiger partial charge in [0.1, 0.15) is 0 Å². The molecule has 0 bridgehead atoms. The largest absolute Gasteiger partial charge is 0.387 e. The SMILES string of the molecule is CC1(F)OP(C)(=O)OC1=O. The maximum Gasteiger partial charge on any atom is 0.381 e. The van der Waals surface area contributed by atoms with Gasteiger partial charge in [-0.15, -0.1) is 0 Å². The molecule has 6 heteroatoms. The van der Waals surface area contributed by atoms with E-state index in [0.717, 1.165) is 13.6 Å². The monoisotopic (exact) mass is 168 g/mol. The van der Waals surface area contributed by atoms with Crippen LogP contribution in [0.1, 0.15) is 6.92 Å². The van der Waals surface area contributed by atoms with Gasteiger partial charge in [-0.2, -0.15) is 4.39 Å². The molecular formula is C4H6FO4P. The van der Waals surface area contributed by atoms with E-state index in [1.807, 2.05) is 0 Å². The molecule has 0 aromatic rings. The molecule has 0 aliphatic carbocycles. The van der Waals surface area contributed by atoms with Crippen molar-refractivity contribution in [1.29, 1.82) is 0 Å². The first-order valence-electron chi connectivity index (χ1n) is 2.55. The van der Waals surface area contributed by atoms with Gasteiger partial charge in [-0.25, -0.2) is 9.36 Å². The fourth-order valence-corrected chi connectivity index (χ4v) is 1.80. The number of alkyl halides is 1. The lowest BCUT2D eigenvalue weighted by Gasteiger charge is -2.04. The number of hydrogen-bond acceptors (Lipinski definition) is 4. The van der Waals surface area contributed by atoms with Crippen LogP contribution in [0.2, 0.25) is 0 Å². The number of halogens is 1. The zero-order chi connectivity index (χ0) is 7.99. The van der Waals surface area contributed by atoms with E-state index < -0.39 is 19.4 Å². The predicted octanol–water partition coefficient (Wildman–Crippen LogP) is 1.07. The highest BCUT2D eigenvalue weighted by Gasteiger charge is 2.51. The normalized spacial score (nSPS) is 47.3. The van der Waals surface area contributed by atoms with Crippen LogP contribution < -0.4 is 0 Å². The quantitative estimate of drug-likeness (QED) is 0.507. The highest BCUT2D eigenvalue weighted by Crippen LogP contribution is 2.55. The molecule has 58 valence electrons. The van der Waals surface area contributed by atoms with Gasteiger partial charge < -0.3 is 4.52 Å². The van der Waals surface area contributed by atoms with Crippen LogP contribution in [0, 0.1) is 0 Å². The van der Waals surface area contributed by atoms with Gasteiger partial charge in [0.2, 0.25) is 0 Å². The van der Waals surface area contributed by atoms with Crippen LogP contribution in [0.3, 0.4) is 0 Å². The van der Waals surface area contributed by atoms with Crippen molar-refractivity contribution in [2.75, 3.05) is 6.66 Å². The molecular weight excluding hydrogens is 162 g/mol. The van der Waals surface area contributed by atoms with Gasteiger partial charge >= 0.3 is 19.4 Å². The Bertz CT molecular complexity index is 223. The van der Waals surface area contributed by atoms with Crippen LogP contribution in [0.25, 0.3) is 0 Å². The summed E-state index contributed by atoms with van der Waals surface area (Å²) in [4.78, 5) is 10.4. The summed E-state index contributed by atoms with van der Waals surface area (Å²) in [6, 6.07) is 0. The standard InChI is InChI=1S/C4H6FO4P/c1-4(5)3(6)8-10(2,7)9-4/h1-2H3. The minimum Gasteiger partial charge on any atom is -0.387 e. The second kappa shape index (κ2) is 1.80. The molecule has 2 unspecified atom stereocenters. The first-order chi connectivity index (χ1) is 4.33. The highest BCUT2D eigenvalue weighted by atomic mass is 31.2. The van der Waals surface area contributed by atoms with Crippen molar-refractivity contribution < 1.29 is 22.8 Å². The third-order valence-corrected chi connectivity index (χ3v) is 2.12. The lowest BCUT2D eigenvalue weighted by Crippen LogP contribution is -2.25. The van der Waals surface area contributed by atoms with Gasteiger partial charge in [-0.3, -0.25) is 4.52 Å². The van der Waals surface area contributed by atoms with E-state index in [1.165, 1.54) is 0 Å². The van der Waals surface area contributed by atoms with Crippen molar-refractivity contribution in [1.82, 2.24) is 0 Å².